The minimum absolute atomic E-state index is 0.00884. The third-order valence-electron chi connectivity index (χ3n) is 5.18. The molecule has 0 bridgehead atoms. The molecule has 2 aromatic rings. The zero-order valence-corrected chi connectivity index (χ0v) is 14.6. The number of nitrogens with one attached hydrogen (secondary N) is 1. The van der Waals surface area contributed by atoms with E-state index >= 15 is 0 Å². The lowest BCUT2D eigenvalue weighted by atomic mass is 10.1. The second-order valence-electron chi connectivity index (χ2n) is 7.13. The molecule has 10 heteroatoms. The SMILES string of the molecule is O=C(O)c1cn(C2CC2)c2cc(N3CCNC(C(F)(F)F)C3)c(F)cc2c1=O. The minimum atomic E-state index is -4.46. The molecule has 6 nitrogen and oxygen atoms in total. The molecule has 1 unspecified atom stereocenters. The first-order valence-corrected chi connectivity index (χ1v) is 8.83. The number of carboxylic acids is 1. The van der Waals surface area contributed by atoms with E-state index in [2.05, 4.69) is 5.32 Å². The van der Waals surface area contributed by atoms with Crippen LogP contribution in [0.5, 0.6) is 0 Å². The molecule has 4 rings (SSSR count). The summed E-state index contributed by atoms with van der Waals surface area (Å²) in [5.41, 5.74) is -0.958. The molecule has 150 valence electrons. The number of aromatic nitrogens is 1. The Morgan fingerprint density at radius 2 is 1.96 bits per heavy atom. The Balaban J connectivity index is 1.84. The highest BCUT2D eigenvalue weighted by Gasteiger charge is 2.42. The molecule has 1 aliphatic heterocycles. The lowest BCUT2D eigenvalue weighted by Crippen LogP contribution is -2.57. The molecule has 0 radical (unpaired) electrons. The molecule has 0 amide bonds. The number of halogens is 4. The van der Waals surface area contributed by atoms with Crippen LogP contribution in [-0.2, 0) is 0 Å². The number of aromatic carboxylic acids is 1. The molecule has 2 fully saturated rings. The summed E-state index contributed by atoms with van der Waals surface area (Å²) in [5, 5.41) is 11.5. The third-order valence-corrected chi connectivity index (χ3v) is 5.18. The number of rotatable bonds is 3. The highest BCUT2D eigenvalue weighted by molar-refractivity contribution is 5.93. The number of benzene rings is 1. The van der Waals surface area contributed by atoms with Crippen LogP contribution in [-0.4, -0.2) is 47.5 Å². The first-order chi connectivity index (χ1) is 13.2. The maximum atomic E-state index is 14.8. The highest BCUT2D eigenvalue weighted by atomic mass is 19.4. The number of piperazine rings is 1. The molecule has 0 spiro atoms. The monoisotopic (exact) mass is 399 g/mol. The Kier molecular flexibility index (Phi) is 4.33. The van der Waals surface area contributed by atoms with Crippen LogP contribution in [0.3, 0.4) is 0 Å². The summed E-state index contributed by atoms with van der Waals surface area (Å²) in [6, 6.07) is 0.499. The smallest absolute Gasteiger partial charge is 0.405 e. The molecule has 2 N–H and O–H groups in total. The van der Waals surface area contributed by atoms with Crippen molar-refractivity contribution in [3.63, 3.8) is 0 Å². The van der Waals surface area contributed by atoms with Crippen LogP contribution in [0.4, 0.5) is 23.2 Å². The van der Waals surface area contributed by atoms with E-state index in [-0.39, 0.29) is 30.2 Å². The lowest BCUT2D eigenvalue weighted by molar-refractivity contribution is -0.155. The average molecular weight is 399 g/mol. The standard InChI is InChI=1S/C18H17F4N3O3/c19-12-5-10-13(25(9-1-2-9)7-11(16(10)26)17(27)28)6-14(12)24-4-3-23-15(8-24)18(20,21)22/h5-7,9,15,23H,1-4,8H2,(H,27,28). The van der Waals surface area contributed by atoms with E-state index in [4.69, 9.17) is 0 Å². The van der Waals surface area contributed by atoms with Crippen LogP contribution in [0.2, 0.25) is 0 Å². The first-order valence-electron chi connectivity index (χ1n) is 8.83. The number of hydrogen-bond acceptors (Lipinski definition) is 4. The molecule has 1 aromatic heterocycles. The normalized spacial score (nSPS) is 20.6. The molecule has 1 saturated carbocycles. The summed E-state index contributed by atoms with van der Waals surface area (Å²) >= 11 is 0. The van der Waals surface area contributed by atoms with Gasteiger partial charge in [0.1, 0.15) is 17.4 Å². The van der Waals surface area contributed by atoms with E-state index in [9.17, 15) is 32.3 Å². The number of nitrogens with zero attached hydrogens (tertiary/aromatic N) is 2. The van der Waals surface area contributed by atoms with E-state index in [0.29, 0.717) is 5.52 Å². The minimum Gasteiger partial charge on any atom is -0.477 e. The average Bonchev–Trinajstić information content (AvgIpc) is 3.46. The van der Waals surface area contributed by atoms with Crippen molar-refractivity contribution in [3.8, 4) is 0 Å². The first kappa shape index (κ1) is 18.7. The van der Waals surface area contributed by atoms with Crippen molar-refractivity contribution in [1.82, 2.24) is 9.88 Å². The Bertz CT molecular complexity index is 1010. The topological polar surface area (TPSA) is 74.6 Å². The van der Waals surface area contributed by atoms with Crippen molar-refractivity contribution in [3.05, 3.63) is 39.9 Å². The Hall–Kier alpha value is -2.62. The van der Waals surface area contributed by atoms with Gasteiger partial charge in [-0.15, -0.1) is 0 Å². The molecule has 1 saturated heterocycles. The third kappa shape index (κ3) is 3.21. The van der Waals surface area contributed by atoms with Crippen molar-refractivity contribution in [2.24, 2.45) is 0 Å². The molecule has 1 atom stereocenters. The van der Waals surface area contributed by atoms with Crippen LogP contribution in [0.25, 0.3) is 10.9 Å². The number of pyridine rings is 1. The van der Waals surface area contributed by atoms with Crippen molar-refractivity contribution in [2.45, 2.75) is 31.1 Å². The summed E-state index contributed by atoms with van der Waals surface area (Å²) in [7, 11) is 0. The van der Waals surface area contributed by atoms with Gasteiger partial charge in [0.2, 0.25) is 5.43 Å². The van der Waals surface area contributed by atoms with Crippen LogP contribution in [0.1, 0.15) is 29.2 Å². The van der Waals surface area contributed by atoms with Crippen molar-refractivity contribution >= 4 is 22.6 Å². The Morgan fingerprint density at radius 3 is 2.57 bits per heavy atom. The number of carbonyl (C=O) groups is 1. The van der Waals surface area contributed by atoms with Gasteiger partial charge in [0, 0.05) is 37.3 Å². The second-order valence-corrected chi connectivity index (χ2v) is 7.13. The largest absolute Gasteiger partial charge is 0.477 e. The van der Waals surface area contributed by atoms with Crippen molar-refractivity contribution in [2.75, 3.05) is 24.5 Å². The zero-order chi connectivity index (χ0) is 20.2. The molecule has 1 aromatic carbocycles. The van der Waals surface area contributed by atoms with Crippen LogP contribution in [0, 0.1) is 5.82 Å². The fourth-order valence-corrected chi connectivity index (χ4v) is 3.60. The van der Waals surface area contributed by atoms with Gasteiger partial charge in [-0.2, -0.15) is 13.2 Å². The second kappa shape index (κ2) is 6.47. The van der Waals surface area contributed by atoms with E-state index in [1.807, 2.05) is 0 Å². The van der Waals surface area contributed by atoms with Gasteiger partial charge in [0.15, 0.2) is 0 Å². The quantitative estimate of drug-likeness (QED) is 0.776. The number of hydrogen-bond donors (Lipinski definition) is 2. The molecule has 2 heterocycles. The number of carboxylic acid groups (broad SMARTS) is 1. The van der Waals surface area contributed by atoms with Crippen LogP contribution >= 0.6 is 0 Å². The van der Waals surface area contributed by atoms with Crippen molar-refractivity contribution < 1.29 is 27.5 Å². The van der Waals surface area contributed by atoms with E-state index < -0.39 is 41.5 Å². The Morgan fingerprint density at radius 1 is 1.25 bits per heavy atom. The van der Waals surface area contributed by atoms with Gasteiger partial charge in [-0.1, -0.05) is 0 Å². The summed E-state index contributed by atoms with van der Waals surface area (Å²) < 4.78 is 55.5. The van der Waals surface area contributed by atoms with E-state index in [0.717, 1.165) is 18.9 Å². The van der Waals surface area contributed by atoms with Crippen LogP contribution in [0.15, 0.2) is 23.1 Å². The number of fused-ring (bicyclic) bond motifs is 1. The molecular formula is C18H17F4N3O3. The summed E-state index contributed by atoms with van der Waals surface area (Å²) in [5.74, 6) is -2.25. The summed E-state index contributed by atoms with van der Waals surface area (Å²) in [6.45, 7) is -0.238. The maximum Gasteiger partial charge on any atom is 0.405 e. The predicted molar refractivity (Wildman–Crippen MR) is 93.5 cm³/mol. The van der Waals surface area contributed by atoms with Gasteiger partial charge < -0.3 is 19.9 Å². The summed E-state index contributed by atoms with van der Waals surface area (Å²) in [6.07, 6.45) is -1.65. The molecule has 1 aliphatic carbocycles. The molecule has 28 heavy (non-hydrogen) atoms. The van der Waals surface area contributed by atoms with Gasteiger partial charge in [-0.3, -0.25) is 4.79 Å². The zero-order valence-electron chi connectivity index (χ0n) is 14.6. The number of anilines is 1. The fourth-order valence-electron chi connectivity index (χ4n) is 3.60. The maximum absolute atomic E-state index is 14.8. The van der Waals surface area contributed by atoms with E-state index in [1.54, 1.807) is 4.57 Å². The molecule has 2 aliphatic rings. The van der Waals surface area contributed by atoms with Gasteiger partial charge in [0.25, 0.3) is 0 Å². The highest BCUT2D eigenvalue weighted by Crippen LogP contribution is 2.38. The van der Waals surface area contributed by atoms with Gasteiger partial charge in [0.05, 0.1) is 11.2 Å². The van der Waals surface area contributed by atoms with E-state index in [1.165, 1.54) is 17.2 Å². The summed E-state index contributed by atoms with van der Waals surface area (Å²) in [4.78, 5) is 25.1. The fraction of sp³-hybridized carbons (Fsp3) is 0.444. The van der Waals surface area contributed by atoms with Crippen molar-refractivity contribution in [1.29, 1.82) is 0 Å². The Labute approximate surface area is 156 Å². The van der Waals surface area contributed by atoms with Crippen LogP contribution < -0.4 is 15.6 Å². The van der Waals surface area contributed by atoms with Gasteiger partial charge in [-0.05, 0) is 25.0 Å². The lowest BCUT2D eigenvalue weighted by Gasteiger charge is -2.36. The van der Waals surface area contributed by atoms with Gasteiger partial charge >= 0.3 is 12.1 Å². The molecular weight excluding hydrogens is 382 g/mol. The number of alkyl halides is 3. The van der Waals surface area contributed by atoms with Gasteiger partial charge in [-0.25, -0.2) is 9.18 Å². The predicted octanol–water partition coefficient (Wildman–Crippen LogP) is 2.51.